The number of hydrogen-bond donors (Lipinski definition) is 1. The number of hydrogen-bond acceptors (Lipinski definition) is 5. The van der Waals surface area contributed by atoms with Gasteiger partial charge < -0.3 is 9.84 Å². The zero-order valence-corrected chi connectivity index (χ0v) is 11.8. The average molecular weight is 313 g/mol. The molecule has 104 valence electrons. The molecule has 0 fully saturated rings. The molecule has 0 saturated carbocycles. The normalized spacial score (nSPS) is 10.3. The summed E-state index contributed by atoms with van der Waals surface area (Å²) in [6.07, 6.45) is 0. The van der Waals surface area contributed by atoms with E-state index in [1.807, 2.05) is 6.07 Å². The molecule has 6 nitrogen and oxygen atoms in total. The zero-order chi connectivity index (χ0) is 14.5. The molecule has 1 aromatic heterocycles. The van der Waals surface area contributed by atoms with E-state index in [1.54, 1.807) is 18.2 Å². The van der Waals surface area contributed by atoms with Crippen LogP contribution < -0.4 is 4.74 Å². The molecule has 0 aliphatic carbocycles. The van der Waals surface area contributed by atoms with Gasteiger partial charge in [0.05, 0.1) is 17.7 Å². The van der Waals surface area contributed by atoms with E-state index >= 15 is 0 Å². The Kier molecular flexibility index (Phi) is 4.79. The Morgan fingerprint density at radius 3 is 2.85 bits per heavy atom. The standard InChI is InChI=1S/C12H10Cl2N4O2/c13-8-1-2-12(9(14)5-8)20-7-11-10(6-19)16-17-18(11)4-3-15/h1-2,5,19H,4,6-7H2. The van der Waals surface area contributed by atoms with E-state index in [1.165, 1.54) is 4.68 Å². The Bertz CT molecular complexity index is 651. The molecule has 0 atom stereocenters. The minimum atomic E-state index is -0.279. The molecule has 1 heterocycles. The van der Waals surface area contributed by atoms with Crippen LogP contribution in [0.3, 0.4) is 0 Å². The zero-order valence-electron chi connectivity index (χ0n) is 10.3. The summed E-state index contributed by atoms with van der Waals surface area (Å²) in [6.45, 7) is -0.162. The topological polar surface area (TPSA) is 84.0 Å². The van der Waals surface area contributed by atoms with Gasteiger partial charge in [-0.3, -0.25) is 0 Å². The molecule has 0 saturated heterocycles. The van der Waals surface area contributed by atoms with Gasteiger partial charge in [0.25, 0.3) is 0 Å². The van der Waals surface area contributed by atoms with Gasteiger partial charge in [-0.15, -0.1) is 5.10 Å². The number of nitriles is 1. The number of halogens is 2. The van der Waals surface area contributed by atoms with Crippen LogP contribution in [0.1, 0.15) is 11.4 Å². The highest BCUT2D eigenvalue weighted by molar-refractivity contribution is 6.35. The third-order valence-corrected chi connectivity index (χ3v) is 3.08. The summed E-state index contributed by atoms with van der Waals surface area (Å²) in [5, 5.41) is 26.3. The van der Waals surface area contributed by atoms with Gasteiger partial charge in [-0.2, -0.15) is 5.26 Å². The van der Waals surface area contributed by atoms with Gasteiger partial charge >= 0.3 is 0 Å². The van der Waals surface area contributed by atoms with Crippen molar-refractivity contribution in [3.8, 4) is 11.8 Å². The maximum atomic E-state index is 9.19. The molecule has 0 amide bonds. The number of ether oxygens (including phenoxy) is 1. The van der Waals surface area contributed by atoms with Crippen molar-refractivity contribution in [3.05, 3.63) is 39.6 Å². The van der Waals surface area contributed by atoms with Crippen LogP contribution in [0.15, 0.2) is 18.2 Å². The highest BCUT2D eigenvalue weighted by atomic mass is 35.5. The molecular weight excluding hydrogens is 303 g/mol. The van der Waals surface area contributed by atoms with Gasteiger partial charge in [-0.05, 0) is 18.2 Å². The van der Waals surface area contributed by atoms with E-state index < -0.39 is 0 Å². The minimum Gasteiger partial charge on any atom is -0.486 e. The van der Waals surface area contributed by atoms with Crippen molar-refractivity contribution in [3.63, 3.8) is 0 Å². The first-order chi connectivity index (χ1) is 9.65. The summed E-state index contributed by atoms with van der Waals surface area (Å²) in [7, 11) is 0. The van der Waals surface area contributed by atoms with Crippen LogP contribution in [0.2, 0.25) is 10.0 Å². The Hall–Kier alpha value is -1.81. The fourth-order valence-electron chi connectivity index (χ4n) is 1.58. The van der Waals surface area contributed by atoms with Crippen LogP contribution in [0.4, 0.5) is 0 Å². The summed E-state index contributed by atoms with van der Waals surface area (Å²) in [4.78, 5) is 0. The number of benzene rings is 1. The number of aliphatic hydroxyl groups is 1. The predicted molar refractivity (Wildman–Crippen MR) is 72.4 cm³/mol. The first-order valence-corrected chi connectivity index (χ1v) is 6.38. The molecule has 0 radical (unpaired) electrons. The smallest absolute Gasteiger partial charge is 0.138 e. The number of rotatable bonds is 5. The van der Waals surface area contributed by atoms with Gasteiger partial charge in [-0.1, -0.05) is 28.4 Å². The van der Waals surface area contributed by atoms with Crippen LogP contribution in [0.25, 0.3) is 0 Å². The SMILES string of the molecule is N#CCn1nnc(CO)c1COc1ccc(Cl)cc1Cl. The van der Waals surface area contributed by atoms with Crippen LogP contribution >= 0.6 is 23.2 Å². The number of nitrogens with zero attached hydrogens (tertiary/aromatic N) is 4. The van der Waals surface area contributed by atoms with Gasteiger partial charge in [0, 0.05) is 5.02 Å². The summed E-state index contributed by atoms with van der Waals surface area (Å²) in [6, 6.07) is 6.82. The molecule has 0 spiro atoms. The van der Waals surface area contributed by atoms with E-state index in [-0.39, 0.29) is 19.8 Å². The lowest BCUT2D eigenvalue weighted by Gasteiger charge is -2.09. The maximum absolute atomic E-state index is 9.19. The molecular formula is C12H10Cl2N4O2. The summed E-state index contributed by atoms with van der Waals surface area (Å²) >= 11 is 11.8. The van der Waals surface area contributed by atoms with E-state index in [2.05, 4.69) is 10.3 Å². The Balaban J connectivity index is 2.18. The lowest BCUT2D eigenvalue weighted by molar-refractivity contribution is 0.262. The lowest BCUT2D eigenvalue weighted by atomic mass is 10.3. The third kappa shape index (κ3) is 3.20. The van der Waals surface area contributed by atoms with Gasteiger partial charge in [0.15, 0.2) is 0 Å². The van der Waals surface area contributed by atoms with Crippen molar-refractivity contribution in [1.82, 2.24) is 15.0 Å². The molecule has 0 unspecified atom stereocenters. The Morgan fingerprint density at radius 2 is 2.20 bits per heavy atom. The molecule has 0 bridgehead atoms. The predicted octanol–water partition coefficient (Wildman–Crippen LogP) is 2.18. The first-order valence-electron chi connectivity index (χ1n) is 5.62. The lowest BCUT2D eigenvalue weighted by Crippen LogP contribution is -2.09. The van der Waals surface area contributed by atoms with Crippen molar-refractivity contribution in [2.75, 3.05) is 0 Å². The van der Waals surface area contributed by atoms with Gasteiger partial charge in [0.2, 0.25) is 0 Å². The average Bonchev–Trinajstić information content (AvgIpc) is 2.80. The molecule has 20 heavy (non-hydrogen) atoms. The molecule has 0 aliphatic heterocycles. The highest BCUT2D eigenvalue weighted by Gasteiger charge is 2.13. The third-order valence-electron chi connectivity index (χ3n) is 2.55. The molecule has 1 N–H and O–H groups in total. The monoisotopic (exact) mass is 312 g/mol. The molecule has 0 aliphatic rings. The quantitative estimate of drug-likeness (QED) is 0.914. The van der Waals surface area contributed by atoms with Crippen LogP contribution in [-0.4, -0.2) is 20.1 Å². The van der Waals surface area contributed by atoms with Crippen molar-refractivity contribution in [1.29, 1.82) is 5.26 Å². The second-order valence-electron chi connectivity index (χ2n) is 3.82. The summed E-state index contributed by atoms with van der Waals surface area (Å²) in [5.74, 6) is 0.449. The second kappa shape index (κ2) is 6.57. The first kappa shape index (κ1) is 14.6. The van der Waals surface area contributed by atoms with Gasteiger partial charge in [0.1, 0.15) is 30.3 Å². The van der Waals surface area contributed by atoms with Gasteiger partial charge in [-0.25, -0.2) is 4.68 Å². The molecule has 2 aromatic rings. The van der Waals surface area contributed by atoms with Crippen LogP contribution in [0.5, 0.6) is 5.75 Å². The second-order valence-corrected chi connectivity index (χ2v) is 4.66. The van der Waals surface area contributed by atoms with Crippen molar-refractivity contribution in [2.45, 2.75) is 19.8 Å². The number of aromatic nitrogens is 3. The molecule has 8 heteroatoms. The minimum absolute atomic E-state index is 0.0278. The van der Waals surface area contributed by atoms with Crippen molar-refractivity contribution in [2.24, 2.45) is 0 Å². The Morgan fingerprint density at radius 1 is 1.40 bits per heavy atom. The van der Waals surface area contributed by atoms with Crippen molar-refractivity contribution >= 4 is 23.2 Å². The van der Waals surface area contributed by atoms with Crippen LogP contribution in [0, 0.1) is 11.3 Å². The molecule has 2 rings (SSSR count). The van der Waals surface area contributed by atoms with E-state index in [9.17, 15) is 5.11 Å². The summed E-state index contributed by atoms with van der Waals surface area (Å²) < 4.78 is 6.92. The van der Waals surface area contributed by atoms with E-state index in [4.69, 9.17) is 33.2 Å². The molecule has 1 aromatic carbocycles. The largest absolute Gasteiger partial charge is 0.486 e. The number of aliphatic hydroxyl groups excluding tert-OH is 1. The van der Waals surface area contributed by atoms with E-state index in [0.29, 0.717) is 27.2 Å². The fourth-order valence-corrected chi connectivity index (χ4v) is 2.04. The summed E-state index contributed by atoms with van der Waals surface area (Å²) in [5.41, 5.74) is 0.894. The maximum Gasteiger partial charge on any atom is 0.138 e. The fraction of sp³-hybridized carbons (Fsp3) is 0.250. The highest BCUT2D eigenvalue weighted by Crippen LogP contribution is 2.28. The Labute approximate surface area is 125 Å². The van der Waals surface area contributed by atoms with Crippen molar-refractivity contribution < 1.29 is 9.84 Å². The van der Waals surface area contributed by atoms with E-state index in [0.717, 1.165) is 0 Å². The van der Waals surface area contributed by atoms with Crippen LogP contribution in [-0.2, 0) is 19.8 Å².